The Hall–Kier alpha value is -1.95. The molecule has 1 fully saturated rings. The Bertz CT molecular complexity index is 481. The molecule has 1 N–H and O–H groups in total. The zero-order valence-corrected chi connectivity index (χ0v) is 12.1. The van der Waals surface area contributed by atoms with E-state index in [1.54, 1.807) is 12.1 Å². The molecule has 0 radical (unpaired) electrons. The number of nitro benzene ring substituents is 1. The van der Waals surface area contributed by atoms with Gasteiger partial charge in [0.25, 0.3) is 5.69 Å². The summed E-state index contributed by atoms with van der Waals surface area (Å²) >= 11 is 0. The highest BCUT2D eigenvalue weighted by atomic mass is 16.6. The van der Waals surface area contributed by atoms with Crippen LogP contribution < -0.4 is 5.32 Å². The van der Waals surface area contributed by atoms with E-state index in [4.69, 9.17) is 0 Å². The highest BCUT2D eigenvalue weighted by molar-refractivity contribution is 5.90. The topological polar surface area (TPSA) is 75.5 Å². The van der Waals surface area contributed by atoms with Gasteiger partial charge in [-0.2, -0.15) is 0 Å². The molecule has 1 aromatic carbocycles. The van der Waals surface area contributed by atoms with Crippen molar-refractivity contribution in [3.8, 4) is 0 Å². The molecule has 1 amide bonds. The molecule has 6 heteroatoms. The first-order valence-electron chi connectivity index (χ1n) is 7.42. The first-order chi connectivity index (χ1) is 10.1. The number of non-ortho nitro benzene ring substituents is 1. The quantitative estimate of drug-likeness (QED) is 0.646. The van der Waals surface area contributed by atoms with E-state index in [1.165, 1.54) is 31.4 Å². The molecular formula is C15H21N3O3. The highest BCUT2D eigenvalue weighted by Gasteiger charge is 2.11. The number of amides is 1. The van der Waals surface area contributed by atoms with E-state index in [1.807, 2.05) is 0 Å². The van der Waals surface area contributed by atoms with E-state index in [2.05, 4.69) is 10.2 Å². The van der Waals surface area contributed by atoms with Crippen LogP contribution in [0.15, 0.2) is 24.3 Å². The lowest BCUT2D eigenvalue weighted by molar-refractivity contribution is -0.384. The van der Waals surface area contributed by atoms with Gasteiger partial charge < -0.3 is 10.2 Å². The first-order valence-corrected chi connectivity index (χ1v) is 7.42. The van der Waals surface area contributed by atoms with Crippen LogP contribution in [0.4, 0.5) is 11.4 Å². The number of hydrogen-bond acceptors (Lipinski definition) is 4. The van der Waals surface area contributed by atoms with Crippen LogP contribution in [-0.2, 0) is 4.79 Å². The van der Waals surface area contributed by atoms with Gasteiger partial charge in [-0.15, -0.1) is 0 Å². The Morgan fingerprint density at radius 3 is 2.48 bits per heavy atom. The Balaban J connectivity index is 1.70. The number of nitro groups is 1. The molecule has 21 heavy (non-hydrogen) atoms. The van der Waals surface area contributed by atoms with Crippen molar-refractivity contribution in [2.24, 2.45) is 0 Å². The fourth-order valence-electron chi connectivity index (χ4n) is 2.54. The van der Waals surface area contributed by atoms with Crippen molar-refractivity contribution in [2.75, 3.05) is 25.0 Å². The van der Waals surface area contributed by atoms with Crippen LogP contribution in [0.3, 0.4) is 0 Å². The highest BCUT2D eigenvalue weighted by Crippen LogP contribution is 2.16. The zero-order chi connectivity index (χ0) is 15.1. The van der Waals surface area contributed by atoms with E-state index in [0.717, 1.165) is 26.1 Å². The lowest BCUT2D eigenvalue weighted by Crippen LogP contribution is -2.31. The van der Waals surface area contributed by atoms with Gasteiger partial charge in [-0.1, -0.05) is 6.42 Å². The second-order valence-electron chi connectivity index (χ2n) is 5.36. The summed E-state index contributed by atoms with van der Waals surface area (Å²) in [6, 6.07) is 5.90. The molecule has 1 aliphatic heterocycles. The van der Waals surface area contributed by atoms with E-state index in [9.17, 15) is 14.9 Å². The number of benzene rings is 1. The smallest absolute Gasteiger partial charge is 0.269 e. The van der Waals surface area contributed by atoms with Crippen LogP contribution in [0, 0.1) is 10.1 Å². The van der Waals surface area contributed by atoms with Crippen molar-refractivity contribution >= 4 is 17.3 Å². The molecule has 0 aromatic heterocycles. The summed E-state index contributed by atoms with van der Waals surface area (Å²) in [6.07, 6.45) is 5.16. The van der Waals surface area contributed by atoms with Crippen LogP contribution in [-0.4, -0.2) is 35.4 Å². The number of anilines is 1. The van der Waals surface area contributed by atoms with E-state index in [0.29, 0.717) is 12.1 Å². The van der Waals surface area contributed by atoms with Crippen molar-refractivity contribution in [3.63, 3.8) is 0 Å². The van der Waals surface area contributed by atoms with Gasteiger partial charge in [0.05, 0.1) is 4.92 Å². The molecule has 2 rings (SSSR count). The van der Waals surface area contributed by atoms with Crippen molar-refractivity contribution in [1.29, 1.82) is 0 Å². The van der Waals surface area contributed by atoms with Crippen molar-refractivity contribution in [2.45, 2.75) is 32.1 Å². The maximum absolute atomic E-state index is 11.8. The number of likely N-dealkylation sites (tertiary alicyclic amines) is 1. The van der Waals surface area contributed by atoms with E-state index < -0.39 is 4.92 Å². The van der Waals surface area contributed by atoms with Crippen LogP contribution in [0.2, 0.25) is 0 Å². The van der Waals surface area contributed by atoms with Gasteiger partial charge in [0.2, 0.25) is 5.91 Å². The van der Waals surface area contributed by atoms with E-state index >= 15 is 0 Å². The van der Waals surface area contributed by atoms with Gasteiger partial charge in [0.15, 0.2) is 0 Å². The van der Waals surface area contributed by atoms with Crippen molar-refractivity contribution in [1.82, 2.24) is 4.90 Å². The minimum Gasteiger partial charge on any atom is -0.326 e. The molecule has 114 valence electrons. The summed E-state index contributed by atoms with van der Waals surface area (Å²) in [7, 11) is 0. The molecule has 0 aliphatic carbocycles. The summed E-state index contributed by atoms with van der Waals surface area (Å²) in [5.41, 5.74) is 0.627. The summed E-state index contributed by atoms with van der Waals surface area (Å²) in [5, 5.41) is 13.3. The predicted molar refractivity (Wildman–Crippen MR) is 81.3 cm³/mol. The van der Waals surface area contributed by atoms with Crippen molar-refractivity contribution in [3.05, 3.63) is 34.4 Å². The maximum Gasteiger partial charge on any atom is 0.269 e. The molecule has 0 spiro atoms. The standard InChI is InChI=1S/C15H21N3O3/c19-15(5-4-12-17-10-2-1-3-11-17)16-13-6-8-14(9-7-13)18(20)21/h6-9H,1-5,10-12H2,(H,16,19). The normalized spacial score (nSPS) is 15.6. The zero-order valence-electron chi connectivity index (χ0n) is 12.1. The third kappa shape index (κ3) is 5.15. The Labute approximate surface area is 124 Å². The van der Waals surface area contributed by atoms with Gasteiger partial charge in [-0.25, -0.2) is 0 Å². The first kappa shape index (κ1) is 15.4. The Morgan fingerprint density at radius 2 is 1.86 bits per heavy atom. The Kier molecular flexibility index (Phi) is 5.68. The molecule has 0 saturated carbocycles. The monoisotopic (exact) mass is 291 g/mol. The number of nitrogens with one attached hydrogen (secondary N) is 1. The average Bonchev–Trinajstić information content (AvgIpc) is 2.49. The summed E-state index contributed by atoms with van der Waals surface area (Å²) in [4.78, 5) is 24.3. The molecule has 0 atom stereocenters. The van der Waals surface area contributed by atoms with Crippen LogP contribution in [0.25, 0.3) is 0 Å². The fraction of sp³-hybridized carbons (Fsp3) is 0.533. The van der Waals surface area contributed by atoms with Gasteiger partial charge in [-0.3, -0.25) is 14.9 Å². The molecule has 1 heterocycles. The number of hydrogen-bond donors (Lipinski definition) is 1. The second kappa shape index (κ2) is 7.73. The largest absolute Gasteiger partial charge is 0.326 e. The molecule has 1 aromatic rings. The maximum atomic E-state index is 11.8. The van der Waals surface area contributed by atoms with Crippen LogP contribution in [0.5, 0.6) is 0 Å². The minimum absolute atomic E-state index is 0.0260. The lowest BCUT2D eigenvalue weighted by Gasteiger charge is -2.26. The third-order valence-electron chi connectivity index (χ3n) is 3.69. The third-order valence-corrected chi connectivity index (χ3v) is 3.69. The summed E-state index contributed by atoms with van der Waals surface area (Å²) < 4.78 is 0. The number of rotatable bonds is 6. The minimum atomic E-state index is -0.454. The fourth-order valence-corrected chi connectivity index (χ4v) is 2.54. The molecule has 1 saturated heterocycles. The summed E-state index contributed by atoms with van der Waals surface area (Å²) in [5.74, 6) is -0.0409. The van der Waals surface area contributed by atoms with E-state index in [-0.39, 0.29) is 11.6 Å². The number of nitrogens with zero attached hydrogens (tertiary/aromatic N) is 2. The van der Waals surface area contributed by atoms with Gasteiger partial charge >= 0.3 is 0 Å². The Morgan fingerprint density at radius 1 is 1.19 bits per heavy atom. The molecule has 6 nitrogen and oxygen atoms in total. The van der Waals surface area contributed by atoms with Gasteiger partial charge in [0, 0.05) is 24.2 Å². The second-order valence-corrected chi connectivity index (χ2v) is 5.36. The summed E-state index contributed by atoms with van der Waals surface area (Å²) in [6.45, 7) is 3.25. The van der Waals surface area contributed by atoms with Gasteiger partial charge in [-0.05, 0) is 51.0 Å². The average molecular weight is 291 g/mol. The molecule has 0 bridgehead atoms. The number of carbonyl (C=O) groups is 1. The van der Waals surface area contributed by atoms with Gasteiger partial charge in [0.1, 0.15) is 0 Å². The number of carbonyl (C=O) groups excluding carboxylic acids is 1. The number of piperidine rings is 1. The van der Waals surface area contributed by atoms with Crippen LogP contribution >= 0.6 is 0 Å². The molecule has 1 aliphatic rings. The van der Waals surface area contributed by atoms with Crippen LogP contribution in [0.1, 0.15) is 32.1 Å². The molecule has 0 unspecified atom stereocenters. The lowest BCUT2D eigenvalue weighted by atomic mass is 10.1. The van der Waals surface area contributed by atoms with Crippen molar-refractivity contribution < 1.29 is 9.72 Å². The predicted octanol–water partition coefficient (Wildman–Crippen LogP) is 2.80. The SMILES string of the molecule is O=C(CCCN1CCCCC1)Nc1ccc([N+](=O)[O-])cc1. The molecular weight excluding hydrogens is 270 g/mol.